The first kappa shape index (κ1) is 21.6. The van der Waals surface area contributed by atoms with Crippen LogP contribution in [0.4, 0.5) is 0 Å². The van der Waals surface area contributed by atoms with E-state index in [1.807, 2.05) is 55.8 Å². The number of carbonyl (C=O) groups is 1. The SMILES string of the molecule is Cc1cc(C)c(C)c(S(=O)(=O)N2CCN(C(=O)c3cc4c(nc5sccn54)s3)CC2)c1C. The number of imidazole rings is 1. The summed E-state index contributed by atoms with van der Waals surface area (Å²) in [4.78, 5) is 22.2. The molecule has 0 N–H and O–H groups in total. The Morgan fingerprint density at radius 3 is 2.31 bits per heavy atom. The predicted molar refractivity (Wildman–Crippen MR) is 129 cm³/mol. The third-order valence-corrected chi connectivity index (χ3v) is 10.3. The van der Waals surface area contributed by atoms with E-state index in [9.17, 15) is 13.2 Å². The fourth-order valence-electron chi connectivity index (χ4n) is 4.34. The Labute approximate surface area is 195 Å². The molecule has 1 saturated heterocycles. The van der Waals surface area contributed by atoms with Crippen molar-refractivity contribution in [3.8, 4) is 0 Å². The Kier molecular flexibility index (Phi) is 5.16. The van der Waals surface area contributed by atoms with Gasteiger partial charge in [-0.25, -0.2) is 13.4 Å². The first-order valence-electron chi connectivity index (χ1n) is 10.4. The summed E-state index contributed by atoms with van der Waals surface area (Å²) < 4.78 is 30.5. The number of nitrogens with zero attached hydrogens (tertiary/aromatic N) is 4. The molecule has 4 heterocycles. The second-order valence-electron chi connectivity index (χ2n) is 8.25. The molecule has 0 radical (unpaired) electrons. The highest BCUT2D eigenvalue weighted by Crippen LogP contribution is 2.31. The van der Waals surface area contributed by atoms with Gasteiger partial charge in [0.05, 0.1) is 15.3 Å². The number of benzene rings is 1. The molecule has 0 bridgehead atoms. The molecule has 1 aromatic carbocycles. The highest BCUT2D eigenvalue weighted by Gasteiger charge is 2.33. The second kappa shape index (κ2) is 7.65. The molecule has 1 fully saturated rings. The van der Waals surface area contributed by atoms with Crippen molar-refractivity contribution >= 4 is 53.9 Å². The van der Waals surface area contributed by atoms with E-state index in [4.69, 9.17) is 0 Å². The Balaban J connectivity index is 1.36. The van der Waals surface area contributed by atoms with Gasteiger partial charge in [-0.15, -0.1) is 22.7 Å². The molecule has 3 aromatic heterocycles. The molecule has 0 spiro atoms. The molecule has 0 saturated carbocycles. The zero-order chi connectivity index (χ0) is 22.8. The van der Waals surface area contributed by atoms with Gasteiger partial charge >= 0.3 is 0 Å². The van der Waals surface area contributed by atoms with E-state index in [2.05, 4.69) is 4.98 Å². The van der Waals surface area contributed by atoms with Gasteiger partial charge in [0.25, 0.3) is 5.91 Å². The van der Waals surface area contributed by atoms with Crippen molar-refractivity contribution in [1.29, 1.82) is 0 Å². The summed E-state index contributed by atoms with van der Waals surface area (Å²) in [6.45, 7) is 8.95. The Bertz CT molecular complexity index is 1440. The molecule has 1 aliphatic heterocycles. The van der Waals surface area contributed by atoms with Crippen LogP contribution < -0.4 is 0 Å². The van der Waals surface area contributed by atoms with Crippen LogP contribution in [0.5, 0.6) is 0 Å². The Morgan fingerprint density at radius 2 is 1.66 bits per heavy atom. The Morgan fingerprint density at radius 1 is 1.00 bits per heavy atom. The number of aryl methyl sites for hydroxylation is 2. The fourth-order valence-corrected chi connectivity index (χ4v) is 8.10. The summed E-state index contributed by atoms with van der Waals surface area (Å²) in [7, 11) is -3.63. The second-order valence-corrected chi connectivity index (χ2v) is 12.0. The van der Waals surface area contributed by atoms with Crippen molar-refractivity contribution in [2.24, 2.45) is 0 Å². The van der Waals surface area contributed by atoms with Crippen molar-refractivity contribution in [2.75, 3.05) is 26.2 Å². The van der Waals surface area contributed by atoms with Gasteiger partial charge in [0.2, 0.25) is 10.0 Å². The first-order valence-corrected chi connectivity index (χ1v) is 13.5. The summed E-state index contributed by atoms with van der Waals surface area (Å²) in [5.41, 5.74) is 4.49. The van der Waals surface area contributed by atoms with Gasteiger partial charge in [-0.3, -0.25) is 9.20 Å². The number of rotatable bonds is 3. The van der Waals surface area contributed by atoms with Crippen molar-refractivity contribution in [1.82, 2.24) is 18.6 Å². The summed E-state index contributed by atoms with van der Waals surface area (Å²) in [6, 6.07) is 3.92. The van der Waals surface area contributed by atoms with Crippen LogP contribution in [-0.4, -0.2) is 59.1 Å². The maximum absolute atomic E-state index is 13.5. The number of thiophene rings is 1. The van der Waals surface area contributed by atoms with Gasteiger partial charge in [0.15, 0.2) is 4.96 Å². The molecule has 5 rings (SSSR count). The number of thiazole rings is 1. The molecular formula is C22H24N4O3S3. The average molecular weight is 489 g/mol. The largest absolute Gasteiger partial charge is 0.335 e. The maximum atomic E-state index is 13.5. The summed E-state index contributed by atoms with van der Waals surface area (Å²) >= 11 is 2.96. The van der Waals surface area contributed by atoms with E-state index in [0.29, 0.717) is 36.0 Å². The summed E-state index contributed by atoms with van der Waals surface area (Å²) in [5, 5.41) is 1.97. The molecule has 1 amide bonds. The number of fused-ring (bicyclic) bond motifs is 3. The lowest BCUT2D eigenvalue weighted by molar-refractivity contribution is 0.0703. The number of piperazine rings is 1. The monoisotopic (exact) mass is 488 g/mol. The first-order chi connectivity index (χ1) is 15.2. The molecule has 168 valence electrons. The van der Waals surface area contributed by atoms with Gasteiger partial charge in [-0.2, -0.15) is 4.31 Å². The molecule has 10 heteroatoms. The lowest BCUT2D eigenvalue weighted by Gasteiger charge is -2.34. The molecule has 0 atom stereocenters. The van der Waals surface area contributed by atoms with E-state index in [0.717, 1.165) is 37.6 Å². The van der Waals surface area contributed by atoms with Crippen LogP contribution in [0.3, 0.4) is 0 Å². The molecule has 32 heavy (non-hydrogen) atoms. The lowest BCUT2D eigenvalue weighted by Crippen LogP contribution is -2.50. The van der Waals surface area contributed by atoms with Crippen molar-refractivity contribution in [3.63, 3.8) is 0 Å². The smallest absolute Gasteiger partial charge is 0.264 e. The van der Waals surface area contributed by atoms with Gasteiger partial charge < -0.3 is 4.90 Å². The van der Waals surface area contributed by atoms with Crippen LogP contribution in [0.25, 0.3) is 15.3 Å². The lowest BCUT2D eigenvalue weighted by atomic mass is 10.0. The van der Waals surface area contributed by atoms with E-state index in [1.54, 1.807) is 16.2 Å². The minimum absolute atomic E-state index is 0.0622. The number of hydrogen-bond donors (Lipinski definition) is 0. The number of sulfonamides is 1. The minimum Gasteiger partial charge on any atom is -0.335 e. The number of amides is 1. The van der Waals surface area contributed by atoms with Crippen molar-refractivity contribution in [3.05, 3.63) is 50.8 Å². The highest BCUT2D eigenvalue weighted by atomic mass is 32.2. The number of carbonyl (C=O) groups excluding carboxylic acids is 1. The molecule has 0 aliphatic carbocycles. The van der Waals surface area contributed by atoms with Crippen molar-refractivity contribution < 1.29 is 13.2 Å². The molecule has 7 nitrogen and oxygen atoms in total. The van der Waals surface area contributed by atoms with Crippen LogP contribution in [0.15, 0.2) is 28.6 Å². The Hall–Kier alpha value is -2.27. The van der Waals surface area contributed by atoms with E-state index >= 15 is 0 Å². The number of aromatic nitrogens is 2. The van der Waals surface area contributed by atoms with Gasteiger partial charge in [-0.1, -0.05) is 6.07 Å². The molecular weight excluding hydrogens is 464 g/mol. The zero-order valence-electron chi connectivity index (χ0n) is 18.4. The zero-order valence-corrected chi connectivity index (χ0v) is 20.8. The van der Waals surface area contributed by atoms with Crippen LogP contribution in [0, 0.1) is 27.7 Å². The van der Waals surface area contributed by atoms with Gasteiger partial charge in [0.1, 0.15) is 4.83 Å². The van der Waals surface area contributed by atoms with Crippen molar-refractivity contribution in [2.45, 2.75) is 32.6 Å². The minimum atomic E-state index is -3.63. The standard InChI is InChI=1S/C22H24N4O3S3/c1-13-11-14(2)16(4)19(15(13)3)32(28,29)25-7-5-24(6-8-25)21(27)18-12-17-20(31-18)23-22-26(17)9-10-30-22/h9-12H,5-8H2,1-4H3. The van der Waals surface area contributed by atoms with Crippen LogP contribution >= 0.6 is 22.7 Å². The van der Waals surface area contributed by atoms with Gasteiger partial charge in [-0.05, 0) is 56.0 Å². The molecule has 4 aromatic rings. The van der Waals surface area contributed by atoms with Gasteiger partial charge in [0, 0.05) is 37.8 Å². The van der Waals surface area contributed by atoms with E-state index in [1.165, 1.54) is 15.6 Å². The average Bonchev–Trinajstić information content (AvgIpc) is 3.44. The summed E-state index contributed by atoms with van der Waals surface area (Å²) in [6.07, 6.45) is 1.96. The highest BCUT2D eigenvalue weighted by molar-refractivity contribution is 7.89. The summed E-state index contributed by atoms with van der Waals surface area (Å²) in [5.74, 6) is -0.0622. The maximum Gasteiger partial charge on any atom is 0.264 e. The predicted octanol–water partition coefficient (Wildman–Crippen LogP) is 3.99. The normalized spacial score (nSPS) is 15.8. The molecule has 1 aliphatic rings. The van der Waals surface area contributed by atoms with E-state index < -0.39 is 10.0 Å². The molecule has 0 unspecified atom stereocenters. The fraction of sp³-hybridized carbons (Fsp3) is 0.364. The van der Waals surface area contributed by atoms with Crippen LogP contribution in [-0.2, 0) is 10.0 Å². The van der Waals surface area contributed by atoms with Crippen LogP contribution in [0.1, 0.15) is 31.9 Å². The third-order valence-electron chi connectivity index (χ3n) is 6.37. The quantitative estimate of drug-likeness (QED) is 0.437. The van der Waals surface area contributed by atoms with E-state index in [-0.39, 0.29) is 5.91 Å². The topological polar surface area (TPSA) is 75.0 Å². The number of hydrogen-bond acceptors (Lipinski definition) is 6. The third kappa shape index (κ3) is 3.28. The van der Waals surface area contributed by atoms with Crippen LogP contribution in [0.2, 0.25) is 0 Å².